The zero-order valence-corrected chi connectivity index (χ0v) is 17.0. The third-order valence-electron chi connectivity index (χ3n) is 7.94. The van der Waals surface area contributed by atoms with Crippen molar-refractivity contribution in [1.29, 1.82) is 0 Å². The van der Waals surface area contributed by atoms with Crippen molar-refractivity contribution >= 4 is 0 Å². The fraction of sp³-hybridized carbons (Fsp3) is 0.727. The molecule has 1 N–H and O–H groups in total. The molecule has 4 aliphatic rings. The number of ether oxygens (including phenoxy) is 1. The van der Waals surface area contributed by atoms with Gasteiger partial charge in [-0.3, -0.25) is 0 Å². The molecule has 0 spiro atoms. The highest BCUT2D eigenvalue weighted by atomic mass is 19.3. The lowest BCUT2D eigenvalue weighted by atomic mass is 9.49. The summed E-state index contributed by atoms with van der Waals surface area (Å²) in [6.07, 6.45) is -5.95. The minimum absolute atomic E-state index is 0.165. The number of alkyl halides is 5. The Morgan fingerprint density at radius 2 is 1.55 bits per heavy atom. The number of benzene rings is 1. The summed E-state index contributed by atoms with van der Waals surface area (Å²) in [6.45, 7) is 2.04. The Morgan fingerprint density at radius 1 is 0.968 bits per heavy atom. The highest BCUT2D eigenvalue weighted by molar-refractivity contribution is 5.32. The first-order valence-electron chi connectivity index (χ1n) is 10.6. The van der Waals surface area contributed by atoms with Crippen LogP contribution in [0.1, 0.15) is 63.9 Å². The first kappa shape index (κ1) is 22.7. The van der Waals surface area contributed by atoms with Crippen molar-refractivity contribution in [2.75, 3.05) is 0 Å². The minimum Gasteiger partial charge on any atom is -0.505 e. The molecular formula is C22H25F7O2. The van der Waals surface area contributed by atoms with Crippen LogP contribution in [0, 0.1) is 28.9 Å². The highest BCUT2D eigenvalue weighted by Gasteiger charge is 2.75. The largest absolute Gasteiger partial charge is 0.505 e. The van der Waals surface area contributed by atoms with Crippen molar-refractivity contribution in [1.82, 2.24) is 0 Å². The molecule has 31 heavy (non-hydrogen) atoms. The van der Waals surface area contributed by atoms with Crippen molar-refractivity contribution in [2.24, 2.45) is 17.3 Å². The summed E-state index contributed by atoms with van der Waals surface area (Å²) in [4.78, 5) is 0. The molecule has 2 nitrogen and oxygen atoms in total. The fourth-order valence-electron chi connectivity index (χ4n) is 6.01. The minimum atomic E-state index is -4.56. The van der Waals surface area contributed by atoms with Gasteiger partial charge in [0.1, 0.15) is 5.60 Å². The van der Waals surface area contributed by atoms with Gasteiger partial charge in [0.05, 0.1) is 5.56 Å². The molecule has 0 aromatic heterocycles. The topological polar surface area (TPSA) is 29.5 Å². The molecule has 1 unspecified atom stereocenters. The summed E-state index contributed by atoms with van der Waals surface area (Å²) >= 11 is 0. The summed E-state index contributed by atoms with van der Waals surface area (Å²) in [6, 6.07) is 0.899. The van der Waals surface area contributed by atoms with Crippen LogP contribution in [0.2, 0.25) is 0 Å². The molecule has 1 aromatic rings. The van der Waals surface area contributed by atoms with E-state index >= 15 is 13.2 Å². The van der Waals surface area contributed by atoms with E-state index in [1.807, 2.05) is 6.92 Å². The molecule has 2 bridgehead atoms. The molecule has 4 saturated carbocycles. The lowest BCUT2D eigenvalue weighted by molar-refractivity contribution is -0.383. The molecule has 1 atom stereocenters. The summed E-state index contributed by atoms with van der Waals surface area (Å²) in [7, 11) is 0. The lowest BCUT2D eigenvalue weighted by Crippen LogP contribution is -2.70. The van der Waals surface area contributed by atoms with E-state index in [-0.39, 0.29) is 31.6 Å². The molecule has 0 amide bonds. The quantitative estimate of drug-likeness (QED) is 0.505. The van der Waals surface area contributed by atoms with Gasteiger partial charge in [0.15, 0.2) is 17.7 Å². The number of phenolic OH excluding ortho intramolecular Hbond substituents is 1. The molecule has 4 aliphatic carbocycles. The van der Waals surface area contributed by atoms with Crippen LogP contribution in [-0.4, -0.2) is 22.8 Å². The maximum absolute atomic E-state index is 15.4. The van der Waals surface area contributed by atoms with Gasteiger partial charge < -0.3 is 9.84 Å². The van der Waals surface area contributed by atoms with Crippen LogP contribution < -0.4 is 0 Å². The van der Waals surface area contributed by atoms with Crippen molar-refractivity contribution in [3.05, 3.63) is 29.3 Å². The average Bonchev–Trinajstić information content (AvgIpc) is 2.71. The van der Waals surface area contributed by atoms with E-state index in [1.54, 1.807) is 0 Å². The van der Waals surface area contributed by atoms with Crippen LogP contribution >= 0.6 is 0 Å². The van der Waals surface area contributed by atoms with Gasteiger partial charge in [-0.1, -0.05) is 19.8 Å². The molecule has 0 heterocycles. The Labute approximate surface area is 175 Å². The Balaban J connectivity index is 1.63. The molecule has 1 aromatic carbocycles. The lowest BCUT2D eigenvalue weighted by Gasteiger charge is -2.62. The third kappa shape index (κ3) is 3.25. The van der Waals surface area contributed by atoms with Crippen molar-refractivity contribution in [3.63, 3.8) is 0 Å². The van der Waals surface area contributed by atoms with Crippen LogP contribution in [0.4, 0.5) is 30.7 Å². The summed E-state index contributed by atoms with van der Waals surface area (Å²) in [5.41, 5.74) is -5.67. The zero-order chi connectivity index (χ0) is 22.8. The number of hydrogen-bond acceptors (Lipinski definition) is 2. The van der Waals surface area contributed by atoms with E-state index in [9.17, 15) is 17.6 Å². The molecular weight excluding hydrogens is 429 g/mol. The van der Waals surface area contributed by atoms with Crippen LogP contribution in [0.5, 0.6) is 5.75 Å². The standard InChI is InChI=1S/C22H25F7O2/c1-12-2-4-13(5-3-12)19-8-10-20(11-9-19,18(25)21(19,26)27)31-22(28,29)14-6-7-15(30)17(24)16(14)23/h6-7,12-13,18,30H,2-5,8-11H2,1H3. The maximum Gasteiger partial charge on any atom is 0.386 e. The van der Waals surface area contributed by atoms with Gasteiger partial charge in [0, 0.05) is 5.41 Å². The van der Waals surface area contributed by atoms with Gasteiger partial charge in [-0.2, -0.15) is 13.2 Å². The predicted octanol–water partition coefficient (Wildman–Crippen LogP) is 6.85. The number of aromatic hydroxyl groups is 1. The van der Waals surface area contributed by atoms with Gasteiger partial charge in [-0.05, 0) is 62.5 Å². The Hall–Kier alpha value is -1.51. The second kappa shape index (κ2) is 7.25. The molecule has 0 saturated heterocycles. The number of halogens is 7. The van der Waals surface area contributed by atoms with Crippen molar-refractivity contribution < 1.29 is 40.6 Å². The van der Waals surface area contributed by atoms with Gasteiger partial charge in [0.2, 0.25) is 5.82 Å². The second-order valence-corrected chi connectivity index (χ2v) is 9.54. The Kier molecular flexibility index (Phi) is 5.30. The summed E-state index contributed by atoms with van der Waals surface area (Å²) in [5.74, 6) is -9.02. The fourth-order valence-corrected chi connectivity index (χ4v) is 6.01. The average molecular weight is 454 g/mol. The van der Waals surface area contributed by atoms with Gasteiger partial charge >= 0.3 is 6.11 Å². The first-order valence-corrected chi connectivity index (χ1v) is 10.6. The highest BCUT2D eigenvalue weighted by Crippen LogP contribution is 2.68. The van der Waals surface area contributed by atoms with E-state index in [2.05, 4.69) is 4.74 Å². The number of rotatable bonds is 4. The molecule has 174 valence electrons. The predicted molar refractivity (Wildman–Crippen MR) is 97.6 cm³/mol. The number of phenols is 1. The van der Waals surface area contributed by atoms with Gasteiger partial charge in [-0.15, -0.1) is 0 Å². The van der Waals surface area contributed by atoms with Crippen LogP contribution in [0.3, 0.4) is 0 Å². The van der Waals surface area contributed by atoms with Crippen molar-refractivity contribution in [2.45, 2.75) is 82.1 Å². The van der Waals surface area contributed by atoms with E-state index in [0.29, 0.717) is 30.9 Å². The second-order valence-electron chi connectivity index (χ2n) is 9.54. The maximum atomic E-state index is 15.4. The Morgan fingerprint density at radius 3 is 2.13 bits per heavy atom. The van der Waals surface area contributed by atoms with Crippen molar-refractivity contribution in [3.8, 4) is 5.75 Å². The van der Waals surface area contributed by atoms with Gasteiger partial charge in [-0.25, -0.2) is 17.6 Å². The first-order chi connectivity index (χ1) is 14.4. The summed E-state index contributed by atoms with van der Waals surface area (Å²) in [5, 5.41) is 9.13. The third-order valence-corrected chi connectivity index (χ3v) is 7.94. The monoisotopic (exact) mass is 454 g/mol. The number of fused-ring (bicyclic) bond motifs is 3. The zero-order valence-electron chi connectivity index (χ0n) is 17.0. The van der Waals surface area contributed by atoms with E-state index in [1.165, 1.54) is 0 Å². The van der Waals surface area contributed by atoms with Crippen LogP contribution in [-0.2, 0) is 10.8 Å². The van der Waals surface area contributed by atoms with Gasteiger partial charge in [0.25, 0.3) is 5.92 Å². The molecule has 0 radical (unpaired) electrons. The van der Waals surface area contributed by atoms with E-state index < -0.39 is 52.2 Å². The van der Waals surface area contributed by atoms with Crippen LogP contribution in [0.15, 0.2) is 12.1 Å². The molecule has 0 aliphatic heterocycles. The SMILES string of the molecule is CC1CCC(C23CCC(OC(F)(F)c4ccc(O)c(F)c4F)(CC2)C(F)C3(F)F)CC1. The number of hydrogen-bond donors (Lipinski definition) is 1. The van der Waals surface area contributed by atoms with Crippen LogP contribution in [0.25, 0.3) is 0 Å². The Bertz CT molecular complexity index is 841. The smallest absolute Gasteiger partial charge is 0.386 e. The van der Waals surface area contributed by atoms with E-state index in [4.69, 9.17) is 5.11 Å². The van der Waals surface area contributed by atoms with E-state index in [0.717, 1.165) is 12.8 Å². The summed E-state index contributed by atoms with van der Waals surface area (Å²) < 4.78 is 108. The molecule has 9 heteroatoms. The molecule has 5 rings (SSSR count). The molecule has 4 fully saturated rings. The normalized spacial score (nSPS) is 37.7.